The largest absolute Gasteiger partial charge is 0.348 e. The van der Waals surface area contributed by atoms with Gasteiger partial charge in [0.2, 0.25) is 6.54 Å². The molecule has 1 fully saturated rings. The van der Waals surface area contributed by atoms with Crippen molar-refractivity contribution in [3.8, 4) is 0 Å². The maximum absolute atomic E-state index is 10.3. The molecule has 0 spiro atoms. The van der Waals surface area contributed by atoms with Gasteiger partial charge in [-0.15, -0.1) is 6.58 Å². The molecular formula is C9H15NO4. The van der Waals surface area contributed by atoms with Gasteiger partial charge in [0.05, 0.1) is 18.6 Å². The molecule has 1 aliphatic heterocycles. The lowest BCUT2D eigenvalue weighted by Gasteiger charge is -2.19. The first-order valence-electron chi connectivity index (χ1n) is 4.51. The van der Waals surface area contributed by atoms with Crippen molar-refractivity contribution in [3.63, 3.8) is 0 Å². The van der Waals surface area contributed by atoms with Gasteiger partial charge in [0.15, 0.2) is 5.79 Å². The van der Waals surface area contributed by atoms with E-state index in [-0.39, 0.29) is 23.5 Å². The predicted molar refractivity (Wildman–Crippen MR) is 50.5 cm³/mol. The average molecular weight is 201 g/mol. The third-order valence-corrected chi connectivity index (χ3v) is 2.17. The van der Waals surface area contributed by atoms with E-state index in [0.29, 0.717) is 6.61 Å². The van der Waals surface area contributed by atoms with Crippen molar-refractivity contribution >= 4 is 0 Å². The Hall–Kier alpha value is -0.940. The van der Waals surface area contributed by atoms with Gasteiger partial charge in [-0.25, -0.2) is 0 Å². The van der Waals surface area contributed by atoms with Crippen LogP contribution < -0.4 is 0 Å². The van der Waals surface area contributed by atoms with Crippen LogP contribution in [0, 0.1) is 16.0 Å². The highest BCUT2D eigenvalue weighted by atomic mass is 16.7. The summed E-state index contributed by atoms with van der Waals surface area (Å²) < 4.78 is 10.8. The monoisotopic (exact) mass is 201 g/mol. The molecule has 0 saturated carbocycles. The Morgan fingerprint density at radius 3 is 2.79 bits per heavy atom. The molecule has 0 aromatic carbocycles. The number of rotatable bonds is 4. The summed E-state index contributed by atoms with van der Waals surface area (Å²) in [6, 6.07) is 0. The molecule has 5 nitrogen and oxygen atoms in total. The first kappa shape index (κ1) is 11.1. The normalized spacial score (nSPS) is 27.1. The van der Waals surface area contributed by atoms with E-state index in [0.717, 1.165) is 0 Å². The van der Waals surface area contributed by atoms with Crippen LogP contribution in [0.15, 0.2) is 12.7 Å². The zero-order chi connectivity index (χ0) is 10.8. The summed E-state index contributed by atoms with van der Waals surface area (Å²) in [4.78, 5) is 9.99. The lowest BCUT2D eigenvalue weighted by Crippen LogP contribution is -2.29. The molecule has 80 valence electrons. The number of nitro groups is 1. The van der Waals surface area contributed by atoms with Crippen molar-refractivity contribution in [3.05, 3.63) is 22.8 Å². The molecule has 0 aromatic rings. The van der Waals surface area contributed by atoms with Crippen LogP contribution >= 0.6 is 0 Å². The van der Waals surface area contributed by atoms with Gasteiger partial charge in [0.25, 0.3) is 0 Å². The molecule has 0 bridgehead atoms. The van der Waals surface area contributed by atoms with Gasteiger partial charge in [0, 0.05) is 4.92 Å². The highest BCUT2D eigenvalue weighted by Gasteiger charge is 2.37. The molecule has 0 aromatic heterocycles. The van der Waals surface area contributed by atoms with Gasteiger partial charge in [-0.3, -0.25) is 10.1 Å². The van der Waals surface area contributed by atoms with E-state index >= 15 is 0 Å². The van der Waals surface area contributed by atoms with E-state index in [2.05, 4.69) is 6.58 Å². The second-order valence-electron chi connectivity index (χ2n) is 3.78. The van der Waals surface area contributed by atoms with Crippen LogP contribution in [-0.4, -0.2) is 30.0 Å². The molecule has 0 aliphatic carbocycles. The summed E-state index contributed by atoms with van der Waals surface area (Å²) >= 11 is 0. The van der Waals surface area contributed by atoms with E-state index in [4.69, 9.17) is 9.47 Å². The first-order chi connectivity index (χ1) is 6.44. The van der Waals surface area contributed by atoms with Gasteiger partial charge >= 0.3 is 0 Å². The van der Waals surface area contributed by atoms with Gasteiger partial charge in [0.1, 0.15) is 0 Å². The SMILES string of the molecule is C=C[C@@H](C[N+](=O)[O-])[C@H]1COC(C)(C)O1. The summed E-state index contributed by atoms with van der Waals surface area (Å²) in [6.45, 7) is 7.38. The van der Waals surface area contributed by atoms with Gasteiger partial charge < -0.3 is 9.47 Å². The topological polar surface area (TPSA) is 61.6 Å². The Kier molecular flexibility index (Phi) is 3.23. The van der Waals surface area contributed by atoms with Crippen molar-refractivity contribution in [1.82, 2.24) is 0 Å². The zero-order valence-electron chi connectivity index (χ0n) is 8.43. The van der Waals surface area contributed by atoms with Crippen LogP contribution in [0.5, 0.6) is 0 Å². The van der Waals surface area contributed by atoms with Gasteiger partial charge in [-0.1, -0.05) is 6.08 Å². The summed E-state index contributed by atoms with van der Waals surface area (Å²) in [6.07, 6.45) is 1.30. The summed E-state index contributed by atoms with van der Waals surface area (Å²) in [5, 5.41) is 10.3. The Labute approximate surface area is 82.8 Å². The predicted octanol–water partition coefficient (Wildman–Crippen LogP) is 1.22. The Bertz CT molecular complexity index is 239. The van der Waals surface area contributed by atoms with Crippen molar-refractivity contribution in [1.29, 1.82) is 0 Å². The minimum atomic E-state index is -0.636. The molecule has 0 unspecified atom stereocenters. The fourth-order valence-corrected chi connectivity index (χ4v) is 1.44. The van der Waals surface area contributed by atoms with E-state index in [1.807, 2.05) is 0 Å². The van der Waals surface area contributed by atoms with Gasteiger partial charge in [-0.2, -0.15) is 0 Å². The van der Waals surface area contributed by atoms with Crippen LogP contribution in [0.1, 0.15) is 13.8 Å². The van der Waals surface area contributed by atoms with Crippen molar-refractivity contribution in [2.45, 2.75) is 25.7 Å². The number of hydrogen-bond donors (Lipinski definition) is 0. The average Bonchev–Trinajstić information content (AvgIpc) is 2.41. The smallest absolute Gasteiger partial charge is 0.212 e. The summed E-state index contributed by atoms with van der Waals surface area (Å²) in [7, 11) is 0. The Morgan fingerprint density at radius 2 is 2.43 bits per heavy atom. The molecule has 0 radical (unpaired) electrons. The van der Waals surface area contributed by atoms with Gasteiger partial charge in [-0.05, 0) is 13.8 Å². The number of nitrogens with zero attached hydrogens (tertiary/aromatic N) is 1. The number of hydrogen-bond acceptors (Lipinski definition) is 4. The summed E-state index contributed by atoms with van der Waals surface area (Å²) in [5.74, 6) is -0.922. The lowest BCUT2D eigenvalue weighted by atomic mass is 10.0. The van der Waals surface area contributed by atoms with Crippen LogP contribution in [0.4, 0.5) is 0 Å². The van der Waals surface area contributed by atoms with E-state index in [9.17, 15) is 10.1 Å². The van der Waals surface area contributed by atoms with Crippen LogP contribution in [0.2, 0.25) is 0 Å². The quantitative estimate of drug-likeness (QED) is 0.389. The molecular weight excluding hydrogens is 186 g/mol. The molecule has 1 rings (SSSR count). The van der Waals surface area contributed by atoms with E-state index in [1.165, 1.54) is 0 Å². The molecule has 5 heteroatoms. The van der Waals surface area contributed by atoms with Crippen molar-refractivity contribution < 1.29 is 14.4 Å². The Balaban J connectivity index is 2.55. The van der Waals surface area contributed by atoms with Crippen molar-refractivity contribution in [2.24, 2.45) is 5.92 Å². The minimum Gasteiger partial charge on any atom is -0.348 e. The second-order valence-corrected chi connectivity index (χ2v) is 3.78. The zero-order valence-corrected chi connectivity index (χ0v) is 8.43. The molecule has 1 saturated heterocycles. The summed E-state index contributed by atoms with van der Waals surface area (Å²) in [5.41, 5.74) is 0. The Morgan fingerprint density at radius 1 is 1.79 bits per heavy atom. The molecule has 0 N–H and O–H groups in total. The minimum absolute atomic E-state index is 0.159. The van der Waals surface area contributed by atoms with E-state index in [1.54, 1.807) is 19.9 Å². The second kappa shape index (κ2) is 4.06. The molecule has 14 heavy (non-hydrogen) atoms. The standard InChI is InChI=1S/C9H15NO4/c1-4-7(5-10(11)12)8-6-13-9(2,3)14-8/h4,7-8H,1,5-6H2,2-3H3/t7-,8+/m0/s1. The van der Waals surface area contributed by atoms with Crippen molar-refractivity contribution in [2.75, 3.05) is 13.2 Å². The fourth-order valence-electron chi connectivity index (χ4n) is 1.44. The lowest BCUT2D eigenvalue weighted by molar-refractivity contribution is -0.488. The molecule has 1 heterocycles. The molecule has 2 atom stereocenters. The number of ether oxygens (including phenoxy) is 2. The third kappa shape index (κ3) is 2.78. The highest BCUT2D eigenvalue weighted by molar-refractivity contribution is 4.88. The molecule has 1 aliphatic rings. The van der Waals surface area contributed by atoms with Crippen LogP contribution in [0.25, 0.3) is 0 Å². The van der Waals surface area contributed by atoms with E-state index < -0.39 is 5.79 Å². The third-order valence-electron chi connectivity index (χ3n) is 2.17. The molecule has 0 amide bonds. The first-order valence-corrected chi connectivity index (χ1v) is 4.51. The highest BCUT2D eigenvalue weighted by Crippen LogP contribution is 2.27. The van der Waals surface area contributed by atoms with Crippen LogP contribution in [-0.2, 0) is 9.47 Å². The van der Waals surface area contributed by atoms with Crippen LogP contribution in [0.3, 0.4) is 0 Å². The fraction of sp³-hybridized carbons (Fsp3) is 0.778. The maximum atomic E-state index is 10.3. The maximum Gasteiger partial charge on any atom is 0.212 e.